The van der Waals surface area contributed by atoms with E-state index in [-0.39, 0.29) is 24.3 Å². The minimum absolute atomic E-state index is 0.00389. The van der Waals surface area contributed by atoms with Crippen LogP contribution in [0.3, 0.4) is 0 Å². The molecule has 2 aromatic rings. The number of carbonyl (C=O) groups is 2. The van der Waals surface area contributed by atoms with Crippen LogP contribution in [-0.2, 0) is 21.4 Å². The number of aryl methyl sites for hydroxylation is 1. The van der Waals surface area contributed by atoms with Crippen molar-refractivity contribution in [3.8, 4) is 0 Å². The number of carbonyl (C=O) groups excluding carboxylic acids is 2. The number of allylic oxidation sites excluding steroid dienone is 3. The Morgan fingerprint density at radius 2 is 2.07 bits per heavy atom. The summed E-state index contributed by atoms with van der Waals surface area (Å²) in [5.74, 6) is -0.450. The van der Waals surface area contributed by atoms with Gasteiger partial charge in [-0.05, 0) is 69.0 Å². The molecule has 2 amide bonds. The fourth-order valence-electron chi connectivity index (χ4n) is 5.57. The summed E-state index contributed by atoms with van der Waals surface area (Å²) in [6.07, 6.45) is 10.0. The molecule has 1 saturated heterocycles. The smallest absolute Gasteiger partial charge is 0.254 e. The van der Waals surface area contributed by atoms with E-state index >= 15 is 0 Å². The van der Waals surface area contributed by atoms with Gasteiger partial charge in [-0.2, -0.15) is 4.31 Å². The highest BCUT2D eigenvalue weighted by atomic mass is 32.2. The molecule has 1 aromatic heterocycles. The number of benzene rings is 1. The first-order chi connectivity index (χ1) is 19.7. The monoisotopic (exact) mass is 592 g/mol. The second-order valence-electron chi connectivity index (χ2n) is 10.6. The SMILES string of the molecule is C/C=C(/NC(=O)C1CCCN(S(=O)(=O)c2ccc(C)s2)C1)c1cccc2c1CN(CCC1C=C=C(NC)C=C1)C2=O. The first kappa shape index (κ1) is 29.1. The van der Waals surface area contributed by atoms with Gasteiger partial charge in [0.1, 0.15) is 4.21 Å². The normalized spacial score (nSPS) is 21.1. The van der Waals surface area contributed by atoms with E-state index in [0.29, 0.717) is 47.9 Å². The molecule has 216 valence electrons. The highest BCUT2D eigenvalue weighted by Gasteiger charge is 2.35. The lowest BCUT2D eigenvalue weighted by molar-refractivity contribution is -0.124. The standard InChI is InChI=1S/C31H36N4O4S2/c1-4-28(33-30(36)23-7-6-17-35(19-23)41(38,39)29-15-10-21(2)40-29)25-8-5-9-26-27(25)20-34(31(26)37)18-16-22-11-13-24(32-3)14-12-22/h4-5,8-13,15,22-23,32H,6-7,16-20H2,1-3H3,(H,33,36)/b28-4+. The average molecular weight is 593 g/mol. The summed E-state index contributed by atoms with van der Waals surface area (Å²) in [4.78, 5) is 29.5. The first-order valence-corrected chi connectivity index (χ1v) is 16.2. The van der Waals surface area contributed by atoms with Gasteiger partial charge in [0.15, 0.2) is 0 Å². The Hall–Kier alpha value is -3.43. The van der Waals surface area contributed by atoms with Crippen LogP contribution in [0.2, 0.25) is 0 Å². The molecule has 1 aromatic carbocycles. The minimum Gasteiger partial charge on any atom is -0.382 e. The van der Waals surface area contributed by atoms with Gasteiger partial charge in [0.05, 0.1) is 11.6 Å². The summed E-state index contributed by atoms with van der Waals surface area (Å²) in [5.41, 5.74) is 7.19. The fraction of sp³-hybridized carbons (Fsp3) is 0.387. The molecule has 0 radical (unpaired) electrons. The second kappa shape index (κ2) is 12.2. The Bertz CT molecular complexity index is 1580. The van der Waals surface area contributed by atoms with Crippen molar-refractivity contribution in [2.45, 2.75) is 43.9 Å². The van der Waals surface area contributed by atoms with E-state index in [0.717, 1.165) is 28.1 Å². The van der Waals surface area contributed by atoms with Crippen molar-refractivity contribution in [1.82, 2.24) is 19.8 Å². The predicted octanol–water partition coefficient (Wildman–Crippen LogP) is 4.42. The van der Waals surface area contributed by atoms with Crippen LogP contribution in [0.25, 0.3) is 5.70 Å². The van der Waals surface area contributed by atoms with E-state index in [4.69, 9.17) is 0 Å². The van der Waals surface area contributed by atoms with E-state index < -0.39 is 15.9 Å². The molecule has 3 aliphatic rings. The molecule has 5 rings (SSSR count). The number of likely N-dealkylation sites (N-methyl/N-ethyl adjacent to an activating group) is 1. The Labute approximate surface area is 246 Å². The number of amides is 2. The minimum atomic E-state index is -3.63. The van der Waals surface area contributed by atoms with Crippen molar-refractivity contribution in [2.24, 2.45) is 11.8 Å². The molecule has 3 heterocycles. The fourth-order valence-corrected chi connectivity index (χ4v) is 8.53. The lowest BCUT2D eigenvalue weighted by Crippen LogP contribution is -2.44. The lowest BCUT2D eigenvalue weighted by atomic mass is 9.97. The van der Waals surface area contributed by atoms with Gasteiger partial charge in [-0.3, -0.25) is 9.59 Å². The van der Waals surface area contributed by atoms with E-state index in [1.165, 1.54) is 15.6 Å². The summed E-state index contributed by atoms with van der Waals surface area (Å²) in [5, 5.41) is 6.14. The van der Waals surface area contributed by atoms with Gasteiger partial charge in [-0.25, -0.2) is 8.42 Å². The van der Waals surface area contributed by atoms with Crippen LogP contribution < -0.4 is 10.6 Å². The summed E-state index contributed by atoms with van der Waals surface area (Å²) >= 11 is 1.25. The molecule has 0 saturated carbocycles. The van der Waals surface area contributed by atoms with Crippen molar-refractivity contribution in [1.29, 1.82) is 0 Å². The van der Waals surface area contributed by atoms with Crippen LogP contribution in [0.5, 0.6) is 0 Å². The van der Waals surface area contributed by atoms with Gasteiger partial charge in [0.2, 0.25) is 5.91 Å². The van der Waals surface area contributed by atoms with Crippen LogP contribution >= 0.6 is 11.3 Å². The third-order valence-corrected chi connectivity index (χ3v) is 11.2. The third-order valence-electron chi connectivity index (χ3n) is 7.91. The zero-order chi connectivity index (χ0) is 29.1. The Morgan fingerprint density at radius 1 is 1.24 bits per heavy atom. The molecule has 2 aliphatic heterocycles. The molecule has 8 nitrogen and oxygen atoms in total. The van der Waals surface area contributed by atoms with Crippen molar-refractivity contribution in [2.75, 3.05) is 26.7 Å². The Kier molecular flexibility index (Phi) is 8.66. The molecular formula is C31H36N4O4S2. The maximum Gasteiger partial charge on any atom is 0.254 e. The number of nitrogens with one attached hydrogen (secondary N) is 2. The number of hydrogen-bond donors (Lipinski definition) is 2. The summed E-state index contributed by atoms with van der Waals surface area (Å²) in [6.45, 7) is 5.38. The van der Waals surface area contributed by atoms with Crippen molar-refractivity contribution >= 4 is 38.9 Å². The molecule has 41 heavy (non-hydrogen) atoms. The zero-order valence-corrected chi connectivity index (χ0v) is 25.3. The lowest BCUT2D eigenvalue weighted by Gasteiger charge is -2.31. The van der Waals surface area contributed by atoms with Crippen LogP contribution in [0.15, 0.2) is 70.3 Å². The number of rotatable bonds is 9. The Morgan fingerprint density at radius 3 is 2.76 bits per heavy atom. The van der Waals surface area contributed by atoms with E-state index in [2.05, 4.69) is 22.4 Å². The largest absolute Gasteiger partial charge is 0.382 e. The van der Waals surface area contributed by atoms with Gasteiger partial charge in [-0.1, -0.05) is 30.0 Å². The predicted molar refractivity (Wildman–Crippen MR) is 161 cm³/mol. The summed E-state index contributed by atoms with van der Waals surface area (Å²) in [7, 11) is -1.77. The number of thiophene rings is 1. The maximum absolute atomic E-state index is 13.4. The van der Waals surface area contributed by atoms with Crippen molar-refractivity contribution in [3.63, 3.8) is 0 Å². The zero-order valence-electron chi connectivity index (χ0n) is 23.6. The van der Waals surface area contributed by atoms with Gasteiger partial charge in [-0.15, -0.1) is 11.3 Å². The molecule has 2 unspecified atom stereocenters. The van der Waals surface area contributed by atoms with Gasteiger partial charge in [0, 0.05) is 60.8 Å². The third kappa shape index (κ3) is 6.11. The van der Waals surface area contributed by atoms with Crippen LogP contribution in [0.1, 0.15) is 52.5 Å². The number of nitrogens with zero attached hydrogens (tertiary/aromatic N) is 2. The number of sulfonamides is 1. The van der Waals surface area contributed by atoms with Gasteiger partial charge < -0.3 is 15.5 Å². The average Bonchev–Trinajstić information content (AvgIpc) is 3.58. The van der Waals surface area contributed by atoms with Crippen LogP contribution in [0.4, 0.5) is 0 Å². The van der Waals surface area contributed by atoms with Gasteiger partial charge in [0.25, 0.3) is 15.9 Å². The van der Waals surface area contributed by atoms with Crippen molar-refractivity contribution in [3.05, 3.63) is 87.6 Å². The van der Waals surface area contributed by atoms with E-state index in [1.807, 2.05) is 62.2 Å². The summed E-state index contributed by atoms with van der Waals surface area (Å²) < 4.78 is 28.1. The molecule has 10 heteroatoms. The molecule has 2 atom stereocenters. The number of hydrogen-bond acceptors (Lipinski definition) is 6. The number of piperidine rings is 1. The van der Waals surface area contributed by atoms with Gasteiger partial charge >= 0.3 is 0 Å². The molecule has 2 N–H and O–H groups in total. The quantitative estimate of drug-likeness (QED) is 0.420. The highest BCUT2D eigenvalue weighted by Crippen LogP contribution is 2.32. The molecule has 0 bridgehead atoms. The molecule has 1 fully saturated rings. The maximum atomic E-state index is 13.4. The molecule has 0 spiro atoms. The van der Waals surface area contributed by atoms with Crippen molar-refractivity contribution < 1.29 is 18.0 Å². The molecular weight excluding hydrogens is 556 g/mol. The first-order valence-electron chi connectivity index (χ1n) is 14.0. The van der Waals surface area contributed by atoms with E-state index in [1.54, 1.807) is 12.1 Å². The van der Waals surface area contributed by atoms with E-state index in [9.17, 15) is 18.0 Å². The Balaban J connectivity index is 1.26. The highest BCUT2D eigenvalue weighted by molar-refractivity contribution is 7.91. The number of fused-ring (bicyclic) bond motifs is 1. The molecule has 1 aliphatic carbocycles. The van der Waals surface area contributed by atoms with Crippen LogP contribution in [-0.4, -0.2) is 56.1 Å². The second-order valence-corrected chi connectivity index (χ2v) is 14.1. The van der Waals surface area contributed by atoms with Crippen LogP contribution in [0, 0.1) is 18.8 Å². The summed E-state index contributed by atoms with van der Waals surface area (Å²) in [6, 6.07) is 9.05. The topological polar surface area (TPSA) is 98.8 Å².